The van der Waals surface area contributed by atoms with Gasteiger partial charge < -0.3 is 15.5 Å². The first-order valence-corrected chi connectivity index (χ1v) is 5.93. The van der Waals surface area contributed by atoms with Crippen LogP contribution in [0, 0.1) is 0 Å². The zero-order chi connectivity index (χ0) is 12.8. The van der Waals surface area contributed by atoms with Crippen molar-refractivity contribution in [1.29, 1.82) is 0 Å². The first-order valence-electron chi connectivity index (χ1n) is 5.93. The number of hydrogen-bond acceptors (Lipinski definition) is 2. The molecule has 2 amide bonds. The summed E-state index contributed by atoms with van der Waals surface area (Å²) in [7, 11) is 1.82. The normalized spacial score (nSPS) is 10.1. The number of nitrogens with two attached hydrogens (primary N) is 1. The first-order chi connectivity index (χ1) is 8.08. The Kier molecular flexibility index (Phi) is 4.82. The molecule has 0 aromatic heterocycles. The molecule has 4 nitrogen and oxygen atoms in total. The summed E-state index contributed by atoms with van der Waals surface area (Å²) in [5.41, 5.74) is 7.45. The standard InChI is InChI=1S/C13H21N3O/c1-4-16(5-2)13(17)15(3)10-11-6-8-12(14)9-7-11/h6-9H,4-5,10,14H2,1-3H3. The van der Waals surface area contributed by atoms with Gasteiger partial charge in [0.15, 0.2) is 0 Å². The Morgan fingerprint density at radius 1 is 1.18 bits per heavy atom. The molecule has 1 rings (SSSR count). The van der Waals surface area contributed by atoms with Crippen LogP contribution in [-0.4, -0.2) is 36.0 Å². The van der Waals surface area contributed by atoms with Crippen LogP contribution in [-0.2, 0) is 6.54 Å². The number of carbonyl (C=O) groups is 1. The van der Waals surface area contributed by atoms with Gasteiger partial charge in [0, 0.05) is 32.4 Å². The molecule has 0 saturated heterocycles. The molecule has 94 valence electrons. The number of nitrogen functional groups attached to an aromatic ring is 1. The van der Waals surface area contributed by atoms with Crippen molar-refractivity contribution >= 4 is 11.7 Å². The van der Waals surface area contributed by atoms with Crippen LogP contribution in [0.2, 0.25) is 0 Å². The molecule has 0 fully saturated rings. The molecular formula is C13H21N3O. The Hall–Kier alpha value is -1.71. The highest BCUT2D eigenvalue weighted by Crippen LogP contribution is 2.09. The van der Waals surface area contributed by atoms with Gasteiger partial charge in [-0.3, -0.25) is 0 Å². The second kappa shape index (κ2) is 6.13. The van der Waals surface area contributed by atoms with E-state index < -0.39 is 0 Å². The quantitative estimate of drug-likeness (QED) is 0.813. The van der Waals surface area contributed by atoms with Gasteiger partial charge in [0.25, 0.3) is 0 Å². The van der Waals surface area contributed by atoms with Crippen LogP contribution < -0.4 is 5.73 Å². The third-order valence-electron chi connectivity index (χ3n) is 2.76. The van der Waals surface area contributed by atoms with E-state index in [9.17, 15) is 4.79 Å². The van der Waals surface area contributed by atoms with Crippen LogP contribution in [0.3, 0.4) is 0 Å². The molecule has 0 aliphatic carbocycles. The number of anilines is 1. The lowest BCUT2D eigenvalue weighted by molar-refractivity contribution is 0.165. The van der Waals surface area contributed by atoms with Crippen molar-refractivity contribution in [2.75, 3.05) is 25.9 Å². The van der Waals surface area contributed by atoms with Gasteiger partial charge in [0.2, 0.25) is 0 Å². The van der Waals surface area contributed by atoms with E-state index in [0.29, 0.717) is 6.54 Å². The van der Waals surface area contributed by atoms with Gasteiger partial charge in [-0.05, 0) is 31.5 Å². The van der Waals surface area contributed by atoms with Crippen LogP contribution in [0.1, 0.15) is 19.4 Å². The summed E-state index contributed by atoms with van der Waals surface area (Å²) in [5.74, 6) is 0. The van der Waals surface area contributed by atoms with Gasteiger partial charge in [0.1, 0.15) is 0 Å². The summed E-state index contributed by atoms with van der Waals surface area (Å²) in [5, 5.41) is 0. The van der Waals surface area contributed by atoms with Crippen LogP contribution in [0.25, 0.3) is 0 Å². The molecule has 0 spiro atoms. The molecule has 0 aliphatic heterocycles. The van der Waals surface area contributed by atoms with Crippen molar-refractivity contribution in [3.05, 3.63) is 29.8 Å². The summed E-state index contributed by atoms with van der Waals surface area (Å²) in [6, 6.07) is 7.66. The van der Waals surface area contributed by atoms with E-state index in [1.165, 1.54) is 0 Å². The molecule has 0 aliphatic rings. The highest BCUT2D eigenvalue weighted by molar-refractivity contribution is 5.74. The maximum absolute atomic E-state index is 12.0. The summed E-state index contributed by atoms with van der Waals surface area (Å²) >= 11 is 0. The lowest BCUT2D eigenvalue weighted by Gasteiger charge is -2.26. The number of benzene rings is 1. The predicted octanol–water partition coefficient (Wildman–Crippen LogP) is 2.16. The molecule has 17 heavy (non-hydrogen) atoms. The van der Waals surface area contributed by atoms with Crippen LogP contribution >= 0.6 is 0 Å². The molecule has 1 aromatic carbocycles. The molecule has 0 atom stereocenters. The van der Waals surface area contributed by atoms with E-state index >= 15 is 0 Å². The number of carbonyl (C=O) groups excluding carboxylic acids is 1. The van der Waals surface area contributed by atoms with Crippen LogP contribution in [0.4, 0.5) is 10.5 Å². The van der Waals surface area contributed by atoms with Gasteiger partial charge in [-0.25, -0.2) is 4.79 Å². The Bertz CT molecular complexity index is 357. The first kappa shape index (κ1) is 13.4. The minimum Gasteiger partial charge on any atom is -0.399 e. The van der Waals surface area contributed by atoms with Gasteiger partial charge in [-0.1, -0.05) is 12.1 Å². The lowest BCUT2D eigenvalue weighted by atomic mass is 10.2. The SMILES string of the molecule is CCN(CC)C(=O)N(C)Cc1ccc(N)cc1. The summed E-state index contributed by atoms with van der Waals surface area (Å²) in [6.07, 6.45) is 0. The molecule has 0 bridgehead atoms. The molecule has 0 unspecified atom stereocenters. The molecule has 0 saturated carbocycles. The smallest absolute Gasteiger partial charge is 0.320 e. The van der Waals surface area contributed by atoms with Crippen molar-refractivity contribution in [2.24, 2.45) is 0 Å². The second-order valence-electron chi connectivity index (χ2n) is 4.05. The maximum atomic E-state index is 12.0. The second-order valence-corrected chi connectivity index (χ2v) is 4.05. The number of rotatable bonds is 4. The highest BCUT2D eigenvalue weighted by Gasteiger charge is 2.14. The van der Waals surface area contributed by atoms with Crippen molar-refractivity contribution < 1.29 is 4.79 Å². The average Bonchev–Trinajstić information content (AvgIpc) is 2.33. The number of hydrogen-bond donors (Lipinski definition) is 1. The van der Waals surface area contributed by atoms with Crippen LogP contribution in [0.5, 0.6) is 0 Å². The lowest BCUT2D eigenvalue weighted by Crippen LogP contribution is -2.40. The number of nitrogens with zero attached hydrogens (tertiary/aromatic N) is 2. The van der Waals surface area contributed by atoms with Crippen molar-refractivity contribution in [2.45, 2.75) is 20.4 Å². The monoisotopic (exact) mass is 235 g/mol. The number of urea groups is 1. The average molecular weight is 235 g/mol. The summed E-state index contributed by atoms with van der Waals surface area (Å²) in [4.78, 5) is 15.5. The van der Waals surface area contributed by atoms with E-state index in [0.717, 1.165) is 24.3 Å². The minimum absolute atomic E-state index is 0.0619. The summed E-state index contributed by atoms with van der Waals surface area (Å²) in [6.45, 7) is 6.05. The molecule has 1 aromatic rings. The topological polar surface area (TPSA) is 49.6 Å². The molecular weight excluding hydrogens is 214 g/mol. The van der Waals surface area contributed by atoms with Crippen LogP contribution in [0.15, 0.2) is 24.3 Å². The van der Waals surface area contributed by atoms with E-state index in [1.54, 1.807) is 9.80 Å². The third kappa shape index (κ3) is 3.66. The van der Waals surface area contributed by atoms with Crippen molar-refractivity contribution in [3.63, 3.8) is 0 Å². The largest absolute Gasteiger partial charge is 0.399 e. The predicted molar refractivity (Wildman–Crippen MR) is 70.6 cm³/mol. The summed E-state index contributed by atoms with van der Waals surface area (Å²) < 4.78 is 0. The highest BCUT2D eigenvalue weighted by atomic mass is 16.2. The van der Waals surface area contributed by atoms with Gasteiger partial charge >= 0.3 is 6.03 Å². The fraction of sp³-hybridized carbons (Fsp3) is 0.462. The van der Waals surface area contributed by atoms with E-state index in [2.05, 4.69) is 0 Å². The fourth-order valence-corrected chi connectivity index (χ4v) is 1.70. The molecule has 2 N–H and O–H groups in total. The Morgan fingerprint density at radius 3 is 2.18 bits per heavy atom. The van der Waals surface area contributed by atoms with Crippen molar-refractivity contribution in [3.8, 4) is 0 Å². The Labute approximate surface area is 103 Å². The Balaban J connectivity index is 2.62. The van der Waals surface area contributed by atoms with E-state index in [-0.39, 0.29) is 6.03 Å². The van der Waals surface area contributed by atoms with Crippen molar-refractivity contribution in [1.82, 2.24) is 9.80 Å². The number of amides is 2. The molecule has 4 heteroatoms. The Morgan fingerprint density at radius 2 is 1.71 bits per heavy atom. The van der Waals surface area contributed by atoms with Gasteiger partial charge in [-0.15, -0.1) is 0 Å². The minimum atomic E-state index is 0.0619. The maximum Gasteiger partial charge on any atom is 0.320 e. The molecule has 0 heterocycles. The van der Waals surface area contributed by atoms with E-state index in [1.807, 2.05) is 45.2 Å². The van der Waals surface area contributed by atoms with Gasteiger partial charge in [-0.2, -0.15) is 0 Å². The fourth-order valence-electron chi connectivity index (χ4n) is 1.70. The third-order valence-corrected chi connectivity index (χ3v) is 2.76. The van der Waals surface area contributed by atoms with Gasteiger partial charge in [0.05, 0.1) is 0 Å². The van der Waals surface area contributed by atoms with E-state index in [4.69, 9.17) is 5.73 Å². The zero-order valence-electron chi connectivity index (χ0n) is 10.8. The molecule has 0 radical (unpaired) electrons. The zero-order valence-corrected chi connectivity index (χ0v) is 10.8.